The molecule has 1 aliphatic heterocycles. The number of hydrogen-bond acceptors (Lipinski definition) is 5. The van der Waals surface area contributed by atoms with Crippen LogP contribution in [0.3, 0.4) is 0 Å². The van der Waals surface area contributed by atoms with Gasteiger partial charge in [0.1, 0.15) is 11.5 Å². The van der Waals surface area contributed by atoms with Gasteiger partial charge in [-0.3, -0.25) is 4.90 Å². The van der Waals surface area contributed by atoms with Gasteiger partial charge in [0.25, 0.3) is 6.43 Å². The molecule has 0 atom stereocenters. The molecule has 0 aliphatic carbocycles. The van der Waals surface area contributed by atoms with Crippen molar-refractivity contribution in [1.82, 2.24) is 20.0 Å². The van der Waals surface area contributed by atoms with Crippen molar-refractivity contribution in [1.29, 1.82) is 0 Å². The van der Waals surface area contributed by atoms with Crippen LogP contribution in [0.2, 0.25) is 0 Å². The Balaban J connectivity index is 1.55. The zero-order valence-corrected chi connectivity index (χ0v) is 12.5. The van der Waals surface area contributed by atoms with Gasteiger partial charge in [-0.25, -0.2) is 18.2 Å². The molecule has 3 heterocycles. The van der Waals surface area contributed by atoms with Gasteiger partial charge in [-0.1, -0.05) is 5.16 Å². The van der Waals surface area contributed by atoms with Crippen LogP contribution in [0.4, 0.5) is 13.2 Å². The number of nitrogens with zero attached hydrogens (tertiary/aromatic N) is 4. The molecule has 0 spiro atoms. The summed E-state index contributed by atoms with van der Waals surface area (Å²) in [4.78, 5) is 9.96. The zero-order valence-electron chi connectivity index (χ0n) is 12.5. The maximum atomic E-state index is 12.8. The van der Waals surface area contributed by atoms with Crippen molar-refractivity contribution in [2.75, 3.05) is 19.6 Å². The maximum absolute atomic E-state index is 12.8. The first-order valence-electron chi connectivity index (χ1n) is 7.55. The fourth-order valence-corrected chi connectivity index (χ4v) is 2.77. The second-order valence-corrected chi connectivity index (χ2v) is 5.71. The number of rotatable bonds is 5. The summed E-state index contributed by atoms with van der Waals surface area (Å²) in [6.07, 6.45) is 1.10. The Morgan fingerprint density at radius 1 is 1.26 bits per heavy atom. The van der Waals surface area contributed by atoms with E-state index in [1.165, 1.54) is 12.1 Å². The van der Waals surface area contributed by atoms with Gasteiger partial charge in [0.05, 0.1) is 12.7 Å². The van der Waals surface area contributed by atoms with Crippen LogP contribution in [0, 0.1) is 11.7 Å². The molecule has 8 heteroatoms. The third-order valence-electron chi connectivity index (χ3n) is 3.99. The fourth-order valence-electron chi connectivity index (χ4n) is 2.77. The largest absolute Gasteiger partial charge is 0.339 e. The molecule has 2 aromatic rings. The molecule has 0 radical (unpaired) electrons. The summed E-state index contributed by atoms with van der Waals surface area (Å²) in [5.41, 5.74) is 0.452. The van der Waals surface area contributed by atoms with Gasteiger partial charge in [0.15, 0.2) is 0 Å². The highest BCUT2D eigenvalue weighted by Crippen LogP contribution is 2.22. The van der Waals surface area contributed by atoms with E-state index in [1.54, 1.807) is 4.90 Å². The molecule has 0 saturated carbocycles. The lowest BCUT2D eigenvalue weighted by Crippen LogP contribution is -2.37. The number of alkyl halides is 2. The van der Waals surface area contributed by atoms with Crippen LogP contribution in [0.25, 0.3) is 11.5 Å². The standard InChI is InChI=1S/C15H17F3N4O/c16-11-1-2-12(19-8-11)15-20-14(23-21-15)7-10-3-5-22(6-4-10)9-13(17)18/h1-2,8,10,13H,3-7,9H2. The zero-order chi connectivity index (χ0) is 16.2. The molecular weight excluding hydrogens is 309 g/mol. The monoisotopic (exact) mass is 326 g/mol. The minimum Gasteiger partial charge on any atom is -0.339 e. The summed E-state index contributed by atoms with van der Waals surface area (Å²) in [7, 11) is 0. The molecule has 1 saturated heterocycles. The summed E-state index contributed by atoms with van der Waals surface area (Å²) in [5, 5.41) is 3.86. The summed E-state index contributed by atoms with van der Waals surface area (Å²) in [5.74, 6) is 0.750. The van der Waals surface area contributed by atoms with Gasteiger partial charge in [0.2, 0.25) is 11.7 Å². The smallest absolute Gasteiger partial charge is 0.251 e. The van der Waals surface area contributed by atoms with Crippen molar-refractivity contribution in [3.63, 3.8) is 0 Å². The van der Waals surface area contributed by atoms with Crippen molar-refractivity contribution in [3.8, 4) is 11.5 Å². The number of pyridine rings is 1. The summed E-state index contributed by atoms with van der Waals surface area (Å²) < 4.78 is 42.8. The van der Waals surface area contributed by atoms with Crippen molar-refractivity contribution in [3.05, 3.63) is 30.0 Å². The number of halogens is 3. The van der Waals surface area contributed by atoms with E-state index in [-0.39, 0.29) is 6.54 Å². The predicted molar refractivity (Wildman–Crippen MR) is 76.4 cm³/mol. The van der Waals surface area contributed by atoms with E-state index in [4.69, 9.17) is 4.52 Å². The highest BCUT2D eigenvalue weighted by atomic mass is 19.3. The Labute approximate surface area is 131 Å². The number of hydrogen-bond donors (Lipinski definition) is 0. The lowest BCUT2D eigenvalue weighted by atomic mass is 9.93. The molecule has 0 N–H and O–H groups in total. The van der Waals surface area contributed by atoms with E-state index < -0.39 is 12.2 Å². The van der Waals surface area contributed by atoms with Gasteiger partial charge in [-0.05, 0) is 44.0 Å². The first-order chi connectivity index (χ1) is 11.1. The Kier molecular flexibility index (Phi) is 4.90. The van der Waals surface area contributed by atoms with Crippen molar-refractivity contribution < 1.29 is 17.7 Å². The second-order valence-electron chi connectivity index (χ2n) is 5.71. The van der Waals surface area contributed by atoms with E-state index in [9.17, 15) is 13.2 Å². The third kappa shape index (κ3) is 4.28. The Hall–Kier alpha value is -1.96. The molecule has 1 fully saturated rings. The second kappa shape index (κ2) is 7.08. The molecule has 1 aliphatic rings. The number of piperidine rings is 1. The highest BCUT2D eigenvalue weighted by Gasteiger charge is 2.23. The quantitative estimate of drug-likeness (QED) is 0.846. The molecule has 124 valence electrons. The number of aromatic nitrogens is 3. The molecule has 0 aromatic carbocycles. The molecule has 3 rings (SSSR count). The van der Waals surface area contributed by atoms with Gasteiger partial charge in [-0.2, -0.15) is 4.98 Å². The molecule has 0 unspecified atom stereocenters. The molecule has 2 aromatic heterocycles. The molecule has 0 amide bonds. The third-order valence-corrected chi connectivity index (χ3v) is 3.99. The van der Waals surface area contributed by atoms with Crippen LogP contribution in [-0.4, -0.2) is 46.1 Å². The van der Waals surface area contributed by atoms with Crippen LogP contribution in [-0.2, 0) is 6.42 Å². The Morgan fingerprint density at radius 2 is 2.04 bits per heavy atom. The van der Waals surface area contributed by atoms with E-state index in [2.05, 4.69) is 15.1 Å². The SMILES string of the molecule is Fc1ccc(-c2noc(CC3CCN(CC(F)F)CC3)n2)nc1. The topological polar surface area (TPSA) is 55.1 Å². The first kappa shape index (κ1) is 15.9. The van der Waals surface area contributed by atoms with Crippen molar-refractivity contribution in [2.45, 2.75) is 25.7 Å². The number of likely N-dealkylation sites (tertiary alicyclic amines) is 1. The summed E-state index contributed by atoms with van der Waals surface area (Å²) in [6, 6.07) is 2.78. The normalized spacial score (nSPS) is 17.0. The molecule has 23 heavy (non-hydrogen) atoms. The minimum absolute atomic E-state index is 0.159. The fraction of sp³-hybridized carbons (Fsp3) is 0.533. The lowest BCUT2D eigenvalue weighted by Gasteiger charge is -2.30. The summed E-state index contributed by atoms with van der Waals surface area (Å²) >= 11 is 0. The van der Waals surface area contributed by atoms with Crippen LogP contribution in [0.1, 0.15) is 18.7 Å². The first-order valence-corrected chi connectivity index (χ1v) is 7.55. The highest BCUT2D eigenvalue weighted by molar-refractivity contribution is 5.47. The Bertz CT molecular complexity index is 624. The van der Waals surface area contributed by atoms with Crippen LogP contribution < -0.4 is 0 Å². The predicted octanol–water partition coefficient (Wildman–Crippen LogP) is 2.79. The van der Waals surface area contributed by atoms with Gasteiger partial charge in [0, 0.05) is 6.42 Å². The van der Waals surface area contributed by atoms with Gasteiger partial charge in [-0.15, -0.1) is 0 Å². The average Bonchev–Trinajstić information content (AvgIpc) is 2.98. The maximum Gasteiger partial charge on any atom is 0.251 e. The molecular formula is C15H17F3N4O. The van der Waals surface area contributed by atoms with Crippen molar-refractivity contribution in [2.24, 2.45) is 5.92 Å². The van der Waals surface area contributed by atoms with Gasteiger partial charge >= 0.3 is 0 Å². The Morgan fingerprint density at radius 3 is 2.70 bits per heavy atom. The van der Waals surface area contributed by atoms with Crippen LogP contribution >= 0.6 is 0 Å². The molecule has 5 nitrogen and oxygen atoms in total. The summed E-state index contributed by atoms with van der Waals surface area (Å²) in [6.45, 7) is 1.17. The molecule has 0 bridgehead atoms. The van der Waals surface area contributed by atoms with Crippen molar-refractivity contribution >= 4 is 0 Å². The average molecular weight is 326 g/mol. The lowest BCUT2D eigenvalue weighted by molar-refractivity contribution is 0.0681. The van der Waals surface area contributed by atoms with E-state index in [1.807, 2.05) is 0 Å². The van der Waals surface area contributed by atoms with E-state index in [0.717, 1.165) is 19.0 Å². The van der Waals surface area contributed by atoms with Gasteiger partial charge < -0.3 is 4.52 Å². The van der Waals surface area contributed by atoms with Crippen LogP contribution in [0.15, 0.2) is 22.9 Å². The van der Waals surface area contributed by atoms with E-state index in [0.29, 0.717) is 42.8 Å². The minimum atomic E-state index is -2.28. The van der Waals surface area contributed by atoms with Crippen LogP contribution in [0.5, 0.6) is 0 Å². The van der Waals surface area contributed by atoms with E-state index >= 15 is 0 Å².